The zero-order valence-electron chi connectivity index (χ0n) is 14.4. The fraction of sp³-hybridized carbons (Fsp3) is 0.778. The number of allylic oxidation sites excluding steroid dienone is 1. The lowest BCUT2D eigenvalue weighted by Crippen LogP contribution is -2.40. The molecule has 0 saturated carbocycles. The number of nitrogens with one attached hydrogen (secondary N) is 1. The van der Waals surface area contributed by atoms with Gasteiger partial charge in [-0.25, -0.2) is 0 Å². The molecule has 2 aliphatic heterocycles. The van der Waals surface area contributed by atoms with Crippen LogP contribution in [0.4, 0.5) is 0 Å². The Morgan fingerprint density at radius 1 is 1.43 bits per heavy atom. The van der Waals surface area contributed by atoms with Crippen LogP contribution in [0.3, 0.4) is 0 Å². The molecular formula is C18H28N2O3. The minimum absolute atomic E-state index is 0.0942. The van der Waals surface area contributed by atoms with Gasteiger partial charge in [-0.05, 0) is 38.0 Å². The van der Waals surface area contributed by atoms with Gasteiger partial charge in [0.25, 0.3) is 0 Å². The van der Waals surface area contributed by atoms with Crippen molar-refractivity contribution < 1.29 is 14.7 Å². The van der Waals surface area contributed by atoms with Crippen LogP contribution in [-0.4, -0.2) is 48.1 Å². The smallest absolute Gasteiger partial charge is 0.313 e. The van der Waals surface area contributed by atoms with Crippen LogP contribution in [0.2, 0.25) is 0 Å². The molecule has 3 aliphatic rings. The maximum atomic E-state index is 12.0. The zero-order valence-corrected chi connectivity index (χ0v) is 14.4. The lowest BCUT2D eigenvalue weighted by molar-refractivity contribution is -0.149. The summed E-state index contributed by atoms with van der Waals surface area (Å²) >= 11 is 0. The predicted octanol–water partition coefficient (Wildman–Crippen LogP) is 2.04. The topological polar surface area (TPSA) is 69.6 Å². The van der Waals surface area contributed by atoms with E-state index in [0.717, 1.165) is 13.0 Å². The molecule has 0 spiro atoms. The average molecular weight is 320 g/mol. The number of likely N-dealkylation sites (tertiary alicyclic amines) is 1. The van der Waals surface area contributed by atoms with Gasteiger partial charge in [0.1, 0.15) is 5.41 Å². The summed E-state index contributed by atoms with van der Waals surface area (Å²) in [4.78, 5) is 25.9. The molecule has 1 aliphatic carbocycles. The SMILES string of the molecule is CC1=C(CCN2C[C@H]3C(=O)NC[C@@]3(C(=O)O)C2)C(C)(C)CCC1. The quantitative estimate of drug-likeness (QED) is 0.778. The summed E-state index contributed by atoms with van der Waals surface area (Å²) in [5.74, 6) is -1.32. The third kappa shape index (κ3) is 2.69. The standard InChI is InChI=1S/C18H28N2O3/c1-12-5-4-7-17(2,3)13(12)6-8-20-9-14-15(21)19-10-18(14,11-20)16(22)23/h14H,4-11H2,1-3H3,(H,19,21)(H,22,23)/t14-,18+/m0/s1. The monoisotopic (exact) mass is 320 g/mol. The summed E-state index contributed by atoms with van der Waals surface area (Å²) in [6.45, 7) is 9.06. The molecule has 23 heavy (non-hydrogen) atoms. The van der Waals surface area contributed by atoms with Crippen molar-refractivity contribution in [1.29, 1.82) is 0 Å². The van der Waals surface area contributed by atoms with Crippen LogP contribution in [0.1, 0.15) is 46.5 Å². The molecule has 0 aromatic rings. The first-order chi connectivity index (χ1) is 10.8. The van der Waals surface area contributed by atoms with Crippen molar-refractivity contribution in [3.8, 4) is 0 Å². The molecule has 0 radical (unpaired) electrons. The number of hydrogen-bond acceptors (Lipinski definition) is 3. The van der Waals surface area contributed by atoms with Crippen molar-refractivity contribution in [2.24, 2.45) is 16.7 Å². The number of hydrogen-bond donors (Lipinski definition) is 2. The van der Waals surface area contributed by atoms with Crippen LogP contribution in [0.5, 0.6) is 0 Å². The zero-order chi connectivity index (χ0) is 16.8. The highest BCUT2D eigenvalue weighted by Crippen LogP contribution is 2.43. The first kappa shape index (κ1) is 16.5. The van der Waals surface area contributed by atoms with E-state index in [1.54, 1.807) is 0 Å². The number of fused-ring (bicyclic) bond motifs is 1. The molecular weight excluding hydrogens is 292 g/mol. The lowest BCUT2D eigenvalue weighted by atomic mass is 9.71. The van der Waals surface area contributed by atoms with Crippen LogP contribution in [0, 0.1) is 16.7 Å². The molecule has 2 atom stereocenters. The second kappa shape index (κ2) is 5.62. The maximum Gasteiger partial charge on any atom is 0.313 e. The second-order valence-corrected chi connectivity index (χ2v) is 8.21. The van der Waals surface area contributed by atoms with Gasteiger partial charge >= 0.3 is 5.97 Å². The van der Waals surface area contributed by atoms with E-state index in [9.17, 15) is 14.7 Å². The van der Waals surface area contributed by atoms with E-state index in [4.69, 9.17) is 0 Å². The molecule has 0 unspecified atom stereocenters. The van der Waals surface area contributed by atoms with E-state index in [2.05, 4.69) is 31.0 Å². The number of rotatable bonds is 4. The third-order valence-corrected chi connectivity index (χ3v) is 6.30. The minimum atomic E-state index is -0.914. The van der Waals surface area contributed by atoms with Gasteiger partial charge in [0.2, 0.25) is 5.91 Å². The molecule has 0 aromatic heterocycles. The van der Waals surface area contributed by atoms with Gasteiger partial charge in [-0.15, -0.1) is 0 Å². The average Bonchev–Trinajstić information content (AvgIpc) is 2.97. The van der Waals surface area contributed by atoms with Crippen LogP contribution >= 0.6 is 0 Å². The fourth-order valence-corrected chi connectivity index (χ4v) is 4.85. The number of carboxylic acids is 1. The molecule has 128 valence electrons. The van der Waals surface area contributed by atoms with Crippen molar-refractivity contribution >= 4 is 11.9 Å². The lowest BCUT2D eigenvalue weighted by Gasteiger charge is -2.35. The first-order valence-electron chi connectivity index (χ1n) is 8.69. The summed E-state index contributed by atoms with van der Waals surface area (Å²) in [6.07, 6.45) is 4.66. The van der Waals surface area contributed by atoms with E-state index in [-0.39, 0.29) is 17.9 Å². The predicted molar refractivity (Wildman–Crippen MR) is 88.0 cm³/mol. The normalized spacial score (nSPS) is 33.7. The Morgan fingerprint density at radius 2 is 2.17 bits per heavy atom. The van der Waals surface area contributed by atoms with Gasteiger partial charge in [0.15, 0.2) is 0 Å². The van der Waals surface area contributed by atoms with E-state index in [0.29, 0.717) is 13.1 Å². The molecule has 2 heterocycles. The molecule has 5 heteroatoms. The highest BCUT2D eigenvalue weighted by atomic mass is 16.4. The second-order valence-electron chi connectivity index (χ2n) is 8.21. The molecule has 0 bridgehead atoms. The fourth-order valence-electron chi connectivity index (χ4n) is 4.85. The Balaban J connectivity index is 1.69. The van der Waals surface area contributed by atoms with Gasteiger partial charge in [-0.3, -0.25) is 9.59 Å². The van der Waals surface area contributed by atoms with Crippen LogP contribution < -0.4 is 5.32 Å². The highest BCUT2D eigenvalue weighted by Gasteiger charge is 2.59. The van der Waals surface area contributed by atoms with Gasteiger partial charge in [0, 0.05) is 26.2 Å². The summed E-state index contributed by atoms with van der Waals surface area (Å²) in [6, 6.07) is 0. The Labute approximate surface area is 138 Å². The number of carbonyl (C=O) groups is 2. The molecule has 1 amide bonds. The molecule has 3 rings (SSSR count). The molecule has 2 saturated heterocycles. The van der Waals surface area contributed by atoms with E-state index >= 15 is 0 Å². The van der Waals surface area contributed by atoms with Crippen molar-refractivity contribution in [2.75, 3.05) is 26.2 Å². The molecule has 2 N–H and O–H groups in total. The van der Waals surface area contributed by atoms with E-state index < -0.39 is 17.3 Å². The summed E-state index contributed by atoms with van der Waals surface area (Å²) in [7, 11) is 0. The first-order valence-corrected chi connectivity index (χ1v) is 8.69. The van der Waals surface area contributed by atoms with Crippen molar-refractivity contribution in [3.05, 3.63) is 11.1 Å². The van der Waals surface area contributed by atoms with Crippen LogP contribution in [0.15, 0.2) is 11.1 Å². The van der Waals surface area contributed by atoms with Gasteiger partial charge in [-0.1, -0.05) is 25.0 Å². The number of amides is 1. The minimum Gasteiger partial charge on any atom is -0.481 e. The number of carboxylic acid groups (broad SMARTS) is 1. The number of nitrogens with zero attached hydrogens (tertiary/aromatic N) is 1. The number of carbonyl (C=O) groups excluding carboxylic acids is 1. The van der Waals surface area contributed by atoms with Gasteiger partial charge < -0.3 is 15.3 Å². The summed E-state index contributed by atoms with van der Waals surface area (Å²) in [5.41, 5.74) is 2.38. The maximum absolute atomic E-state index is 12.0. The van der Waals surface area contributed by atoms with Gasteiger partial charge in [0.05, 0.1) is 5.92 Å². The Hall–Kier alpha value is -1.36. The third-order valence-electron chi connectivity index (χ3n) is 6.30. The van der Waals surface area contributed by atoms with Crippen molar-refractivity contribution in [3.63, 3.8) is 0 Å². The van der Waals surface area contributed by atoms with Crippen LogP contribution in [-0.2, 0) is 9.59 Å². The largest absolute Gasteiger partial charge is 0.481 e. The van der Waals surface area contributed by atoms with E-state index in [1.807, 2.05) is 0 Å². The van der Waals surface area contributed by atoms with E-state index in [1.165, 1.54) is 30.4 Å². The Bertz CT molecular complexity index is 567. The molecule has 0 aromatic carbocycles. The van der Waals surface area contributed by atoms with Crippen LogP contribution in [0.25, 0.3) is 0 Å². The highest BCUT2D eigenvalue weighted by molar-refractivity contribution is 5.92. The Kier molecular flexibility index (Phi) is 4.03. The molecule has 5 nitrogen and oxygen atoms in total. The van der Waals surface area contributed by atoms with Gasteiger partial charge in [-0.2, -0.15) is 0 Å². The summed E-state index contributed by atoms with van der Waals surface area (Å²) in [5, 5.41) is 12.4. The summed E-state index contributed by atoms with van der Waals surface area (Å²) < 4.78 is 0. The molecule has 2 fully saturated rings. The number of aliphatic carboxylic acids is 1. The van der Waals surface area contributed by atoms with Crippen molar-refractivity contribution in [2.45, 2.75) is 46.5 Å². The Morgan fingerprint density at radius 3 is 2.78 bits per heavy atom. The van der Waals surface area contributed by atoms with Crippen molar-refractivity contribution in [1.82, 2.24) is 10.2 Å².